The largest absolute Gasteiger partial charge is 0.347 e. The van der Waals surface area contributed by atoms with Crippen molar-refractivity contribution in [1.29, 1.82) is 0 Å². The maximum Gasteiger partial charge on any atom is 0.238 e. The van der Waals surface area contributed by atoms with Crippen molar-refractivity contribution < 1.29 is 4.79 Å². The van der Waals surface area contributed by atoms with Crippen LogP contribution in [0.25, 0.3) is 10.6 Å². The summed E-state index contributed by atoms with van der Waals surface area (Å²) in [5, 5.41) is 7.94. The summed E-state index contributed by atoms with van der Waals surface area (Å²) < 4.78 is 0. The molecule has 1 amide bonds. The third-order valence-corrected chi connectivity index (χ3v) is 6.29. The van der Waals surface area contributed by atoms with E-state index in [1.807, 2.05) is 38.1 Å². The maximum absolute atomic E-state index is 12.2. The Labute approximate surface area is 161 Å². The molecule has 0 radical (unpaired) electrons. The first kappa shape index (κ1) is 19.5. The normalized spacial score (nSPS) is 18.0. The van der Waals surface area contributed by atoms with Gasteiger partial charge in [0.2, 0.25) is 5.91 Å². The molecule has 0 spiro atoms. The lowest BCUT2D eigenvalue weighted by Gasteiger charge is -2.16. The molecule has 1 aliphatic rings. The number of halogens is 2. The van der Waals surface area contributed by atoms with Crippen molar-refractivity contribution in [3.8, 4) is 10.6 Å². The van der Waals surface area contributed by atoms with E-state index in [4.69, 9.17) is 11.6 Å². The minimum absolute atomic E-state index is 0. The number of aromatic nitrogens is 1. The number of thiazole rings is 1. The van der Waals surface area contributed by atoms with Crippen molar-refractivity contribution in [1.82, 2.24) is 15.6 Å². The summed E-state index contributed by atoms with van der Waals surface area (Å²) in [6.07, 6.45) is 0. The van der Waals surface area contributed by atoms with E-state index in [0.717, 1.165) is 32.8 Å². The molecule has 130 valence electrons. The average Bonchev–Trinajstić information content (AvgIpc) is 3.17. The van der Waals surface area contributed by atoms with Crippen molar-refractivity contribution in [3.63, 3.8) is 0 Å². The van der Waals surface area contributed by atoms with Crippen LogP contribution in [0.1, 0.15) is 23.5 Å². The van der Waals surface area contributed by atoms with Gasteiger partial charge in [0.1, 0.15) is 5.01 Å². The fourth-order valence-corrected chi connectivity index (χ4v) is 4.61. The molecule has 3 rings (SSSR count). The molecule has 2 aromatic rings. The third-order valence-electron chi connectivity index (χ3n) is 3.71. The van der Waals surface area contributed by atoms with Crippen LogP contribution in [0, 0.1) is 6.92 Å². The fraction of sp³-hybridized carbons (Fsp3) is 0.375. The minimum Gasteiger partial charge on any atom is -0.347 e. The molecule has 1 aromatic carbocycles. The van der Waals surface area contributed by atoms with Crippen molar-refractivity contribution in [2.45, 2.75) is 25.9 Å². The third kappa shape index (κ3) is 4.43. The summed E-state index contributed by atoms with van der Waals surface area (Å²) in [5.41, 5.74) is 2.00. The Balaban J connectivity index is 0.00000208. The van der Waals surface area contributed by atoms with Gasteiger partial charge in [-0.25, -0.2) is 4.98 Å². The Hall–Kier alpha value is -0.790. The van der Waals surface area contributed by atoms with Crippen LogP contribution in [0.15, 0.2) is 24.3 Å². The number of hydrogen-bond donors (Lipinski definition) is 2. The van der Waals surface area contributed by atoms with Gasteiger partial charge in [0.25, 0.3) is 0 Å². The van der Waals surface area contributed by atoms with E-state index in [9.17, 15) is 4.79 Å². The highest BCUT2D eigenvalue weighted by molar-refractivity contribution is 7.99. The van der Waals surface area contributed by atoms with Crippen LogP contribution in [0.3, 0.4) is 0 Å². The number of rotatable bonds is 4. The number of nitrogens with one attached hydrogen (secondary N) is 2. The van der Waals surface area contributed by atoms with Gasteiger partial charge >= 0.3 is 0 Å². The number of carbonyl (C=O) groups is 1. The monoisotopic (exact) mass is 403 g/mol. The molecule has 24 heavy (non-hydrogen) atoms. The highest BCUT2D eigenvalue weighted by Crippen LogP contribution is 2.32. The van der Waals surface area contributed by atoms with Crippen LogP contribution in [0.2, 0.25) is 5.02 Å². The lowest BCUT2D eigenvalue weighted by atomic mass is 10.2. The predicted octanol–water partition coefficient (Wildman–Crippen LogP) is 4.03. The van der Waals surface area contributed by atoms with Crippen LogP contribution < -0.4 is 10.6 Å². The number of aryl methyl sites for hydroxylation is 1. The van der Waals surface area contributed by atoms with E-state index >= 15 is 0 Å². The lowest BCUT2D eigenvalue weighted by Crippen LogP contribution is -2.42. The summed E-state index contributed by atoms with van der Waals surface area (Å²) in [6, 6.07) is 7.52. The van der Waals surface area contributed by atoms with E-state index in [1.54, 1.807) is 23.1 Å². The SMILES string of the molecule is Cc1nc(-c2ccc(Cl)cc2)sc1C(C)NC(=O)C1CSCN1.Cl. The first-order valence-electron chi connectivity index (χ1n) is 7.39. The Bertz CT molecular complexity index is 700. The van der Waals surface area contributed by atoms with Gasteiger partial charge in [-0.05, 0) is 26.0 Å². The molecule has 2 heterocycles. The van der Waals surface area contributed by atoms with E-state index in [-0.39, 0.29) is 30.4 Å². The number of amides is 1. The van der Waals surface area contributed by atoms with E-state index < -0.39 is 0 Å². The quantitative estimate of drug-likeness (QED) is 0.808. The summed E-state index contributed by atoms with van der Waals surface area (Å²) in [5.74, 6) is 1.73. The highest BCUT2D eigenvalue weighted by atomic mass is 35.5. The van der Waals surface area contributed by atoms with Crippen molar-refractivity contribution in [3.05, 3.63) is 39.9 Å². The molecule has 1 fully saturated rings. The molecule has 0 aliphatic carbocycles. The van der Waals surface area contributed by atoms with Gasteiger partial charge in [-0.15, -0.1) is 35.5 Å². The first-order valence-corrected chi connectivity index (χ1v) is 9.74. The van der Waals surface area contributed by atoms with Crippen molar-refractivity contribution in [2.24, 2.45) is 0 Å². The number of nitrogens with zero attached hydrogens (tertiary/aromatic N) is 1. The molecule has 1 saturated heterocycles. The van der Waals surface area contributed by atoms with Crippen LogP contribution in [0.4, 0.5) is 0 Å². The van der Waals surface area contributed by atoms with Crippen molar-refractivity contribution in [2.75, 3.05) is 11.6 Å². The molecule has 1 aliphatic heterocycles. The second-order valence-corrected chi connectivity index (χ2v) is 7.98. The molecule has 1 aromatic heterocycles. The fourth-order valence-electron chi connectivity index (χ4n) is 2.47. The molecule has 2 atom stereocenters. The zero-order chi connectivity index (χ0) is 16.4. The van der Waals surface area contributed by atoms with Crippen LogP contribution in [-0.4, -0.2) is 28.6 Å². The molecular formula is C16H19Cl2N3OS2. The van der Waals surface area contributed by atoms with Gasteiger partial charge in [0.05, 0.1) is 22.7 Å². The second kappa shape index (κ2) is 8.54. The van der Waals surface area contributed by atoms with Gasteiger partial charge in [-0.2, -0.15) is 0 Å². The maximum atomic E-state index is 12.2. The Morgan fingerprint density at radius 1 is 1.42 bits per heavy atom. The summed E-state index contributed by atoms with van der Waals surface area (Å²) >= 11 is 9.30. The highest BCUT2D eigenvalue weighted by Gasteiger charge is 2.25. The summed E-state index contributed by atoms with van der Waals surface area (Å²) in [6.45, 7) is 3.99. The standard InChI is InChI=1S/C16H18ClN3OS2.ClH/c1-9(19-15(21)13-7-22-8-18-13)14-10(2)20-16(23-14)11-3-5-12(17)6-4-11;/h3-6,9,13,18H,7-8H2,1-2H3,(H,19,21);1H. The topological polar surface area (TPSA) is 54.0 Å². The smallest absolute Gasteiger partial charge is 0.238 e. The Kier molecular flexibility index (Phi) is 6.95. The minimum atomic E-state index is -0.0913. The number of benzene rings is 1. The summed E-state index contributed by atoms with van der Waals surface area (Å²) in [7, 11) is 0. The Morgan fingerprint density at radius 3 is 2.75 bits per heavy atom. The van der Waals surface area contributed by atoms with Gasteiger partial charge in [-0.3, -0.25) is 10.1 Å². The summed E-state index contributed by atoms with van der Waals surface area (Å²) in [4.78, 5) is 18.0. The second-order valence-electron chi connectivity index (χ2n) is 5.48. The molecule has 2 N–H and O–H groups in total. The number of thioether (sulfide) groups is 1. The van der Waals surface area contributed by atoms with Gasteiger partial charge in [0.15, 0.2) is 0 Å². The van der Waals surface area contributed by atoms with Gasteiger partial charge in [0, 0.05) is 22.2 Å². The number of hydrogen-bond acceptors (Lipinski definition) is 5. The zero-order valence-electron chi connectivity index (χ0n) is 13.3. The predicted molar refractivity (Wildman–Crippen MR) is 105 cm³/mol. The molecule has 0 bridgehead atoms. The van der Waals surface area contributed by atoms with Gasteiger partial charge < -0.3 is 5.32 Å². The number of carbonyl (C=O) groups excluding carboxylic acids is 1. The van der Waals surface area contributed by atoms with Crippen LogP contribution in [-0.2, 0) is 4.79 Å². The molecule has 8 heteroatoms. The van der Waals surface area contributed by atoms with E-state index in [1.165, 1.54) is 0 Å². The zero-order valence-corrected chi connectivity index (χ0v) is 16.5. The molecule has 0 saturated carbocycles. The van der Waals surface area contributed by atoms with E-state index in [2.05, 4.69) is 15.6 Å². The van der Waals surface area contributed by atoms with Crippen molar-refractivity contribution >= 4 is 53.0 Å². The van der Waals surface area contributed by atoms with Gasteiger partial charge in [-0.1, -0.05) is 23.7 Å². The van der Waals surface area contributed by atoms with Crippen LogP contribution >= 0.6 is 47.1 Å². The first-order chi connectivity index (χ1) is 11.0. The average molecular weight is 404 g/mol. The molecule has 4 nitrogen and oxygen atoms in total. The molecule has 2 unspecified atom stereocenters. The van der Waals surface area contributed by atoms with Crippen LogP contribution in [0.5, 0.6) is 0 Å². The lowest BCUT2D eigenvalue weighted by molar-refractivity contribution is -0.123. The molecular weight excluding hydrogens is 385 g/mol. The van der Waals surface area contributed by atoms with E-state index in [0.29, 0.717) is 5.02 Å². The Morgan fingerprint density at radius 2 is 2.12 bits per heavy atom.